The zero-order valence-electron chi connectivity index (χ0n) is 15.5. The Morgan fingerprint density at radius 3 is 2.64 bits per heavy atom. The van der Waals surface area contributed by atoms with Gasteiger partial charge in [0.1, 0.15) is 11.4 Å². The molecule has 0 saturated carbocycles. The van der Waals surface area contributed by atoms with Crippen molar-refractivity contribution in [2.45, 2.75) is 19.8 Å². The largest absolute Gasteiger partial charge is 0.454 e. The molecule has 0 bridgehead atoms. The third-order valence-corrected chi connectivity index (χ3v) is 4.77. The first kappa shape index (κ1) is 17.9. The minimum absolute atomic E-state index is 0.380. The summed E-state index contributed by atoms with van der Waals surface area (Å²) in [6.45, 7) is 2.12. The zero-order valence-corrected chi connectivity index (χ0v) is 15.5. The van der Waals surface area contributed by atoms with E-state index in [1.807, 2.05) is 48.5 Å². The number of para-hydroxylation sites is 2. The van der Waals surface area contributed by atoms with Crippen LogP contribution in [0.4, 0.5) is 5.69 Å². The summed E-state index contributed by atoms with van der Waals surface area (Å²) >= 11 is 0. The molecular formula is C23H20N2O3. The molecule has 1 heterocycles. The van der Waals surface area contributed by atoms with Crippen molar-refractivity contribution in [1.82, 2.24) is 5.48 Å². The Bertz CT molecular complexity index is 1070. The number of nitrogens with zero attached hydrogens (tertiary/aromatic N) is 1. The van der Waals surface area contributed by atoms with Gasteiger partial charge in [-0.1, -0.05) is 55.8 Å². The second-order valence-electron chi connectivity index (χ2n) is 6.58. The third-order valence-electron chi connectivity index (χ3n) is 4.77. The fourth-order valence-corrected chi connectivity index (χ4v) is 3.46. The molecule has 3 aromatic rings. The average Bonchev–Trinajstić information content (AvgIpc) is 2.94. The van der Waals surface area contributed by atoms with Gasteiger partial charge in [0.15, 0.2) is 5.75 Å². The van der Waals surface area contributed by atoms with Gasteiger partial charge in [-0.3, -0.25) is 15.0 Å². The van der Waals surface area contributed by atoms with Crippen molar-refractivity contribution in [3.8, 4) is 22.6 Å². The van der Waals surface area contributed by atoms with Crippen LogP contribution < -0.4 is 10.2 Å². The quantitative estimate of drug-likeness (QED) is 0.378. The van der Waals surface area contributed by atoms with Gasteiger partial charge < -0.3 is 4.74 Å². The monoisotopic (exact) mass is 372 g/mol. The number of aliphatic imine (C=N–C) groups is 1. The van der Waals surface area contributed by atoms with Crippen LogP contribution in [0.25, 0.3) is 11.1 Å². The van der Waals surface area contributed by atoms with Gasteiger partial charge in [0.25, 0.3) is 5.91 Å². The molecule has 0 fully saturated rings. The summed E-state index contributed by atoms with van der Waals surface area (Å²) in [5, 5.41) is 9.12. The second kappa shape index (κ2) is 7.66. The van der Waals surface area contributed by atoms with Gasteiger partial charge in [-0.2, -0.15) is 0 Å². The number of carbonyl (C=O) groups excluding carboxylic acids is 1. The molecule has 5 nitrogen and oxygen atoms in total. The normalized spacial score (nSPS) is 11.8. The molecular weight excluding hydrogens is 352 g/mol. The van der Waals surface area contributed by atoms with Gasteiger partial charge >= 0.3 is 0 Å². The van der Waals surface area contributed by atoms with Crippen LogP contribution in [0.2, 0.25) is 0 Å². The summed E-state index contributed by atoms with van der Waals surface area (Å²) in [6, 6.07) is 18.8. The summed E-state index contributed by atoms with van der Waals surface area (Å²) < 4.78 is 6.30. The van der Waals surface area contributed by atoms with Crippen LogP contribution in [-0.4, -0.2) is 17.3 Å². The molecule has 140 valence electrons. The second-order valence-corrected chi connectivity index (χ2v) is 6.58. The first-order valence-corrected chi connectivity index (χ1v) is 9.23. The van der Waals surface area contributed by atoms with Crippen LogP contribution in [0.3, 0.4) is 0 Å². The lowest BCUT2D eigenvalue weighted by Crippen LogP contribution is -2.19. The lowest BCUT2D eigenvalue weighted by atomic mass is 9.92. The number of nitrogens with one attached hydrogen (secondary N) is 1. The number of aryl methyl sites for hydroxylation is 1. The maximum Gasteiger partial charge on any atom is 0.275 e. The number of carbonyl (C=O) groups is 1. The Labute approximate surface area is 163 Å². The number of hydrogen-bond acceptors (Lipinski definition) is 4. The Balaban J connectivity index is 1.95. The summed E-state index contributed by atoms with van der Waals surface area (Å²) in [5.41, 5.74) is 6.30. The van der Waals surface area contributed by atoms with E-state index in [1.165, 1.54) is 0 Å². The van der Waals surface area contributed by atoms with Crippen LogP contribution in [-0.2, 0) is 6.42 Å². The molecule has 0 atom stereocenters. The highest BCUT2D eigenvalue weighted by Crippen LogP contribution is 2.42. The molecule has 5 heteroatoms. The zero-order chi connectivity index (χ0) is 19.5. The molecule has 0 unspecified atom stereocenters. The number of hydroxylamine groups is 1. The van der Waals surface area contributed by atoms with Gasteiger partial charge in [0, 0.05) is 17.3 Å². The lowest BCUT2D eigenvalue weighted by Gasteiger charge is -2.17. The predicted octanol–water partition coefficient (Wildman–Crippen LogP) is 5.28. The smallest absolute Gasteiger partial charge is 0.275 e. The highest BCUT2D eigenvalue weighted by molar-refractivity contribution is 6.04. The van der Waals surface area contributed by atoms with Crippen LogP contribution >= 0.6 is 0 Å². The third kappa shape index (κ3) is 3.17. The summed E-state index contributed by atoms with van der Waals surface area (Å²) in [6.07, 6.45) is 3.65. The van der Waals surface area contributed by atoms with Gasteiger partial charge in [-0.05, 0) is 41.3 Å². The molecule has 0 radical (unpaired) electrons. The van der Waals surface area contributed by atoms with E-state index >= 15 is 0 Å². The van der Waals surface area contributed by atoms with Crippen LogP contribution in [0, 0.1) is 0 Å². The molecule has 0 saturated heterocycles. The average molecular weight is 372 g/mol. The lowest BCUT2D eigenvalue weighted by molar-refractivity contribution is 0.0707. The molecule has 1 amide bonds. The number of fused-ring (bicyclic) bond motifs is 2. The maximum atomic E-state index is 12.2. The summed E-state index contributed by atoms with van der Waals surface area (Å²) in [5.74, 6) is 0.900. The van der Waals surface area contributed by atoms with Crippen molar-refractivity contribution < 1.29 is 14.7 Å². The topological polar surface area (TPSA) is 70.9 Å². The molecule has 4 rings (SSSR count). The first-order valence-electron chi connectivity index (χ1n) is 9.23. The maximum absolute atomic E-state index is 12.2. The molecule has 1 aliphatic heterocycles. The van der Waals surface area contributed by atoms with Crippen molar-refractivity contribution in [1.29, 1.82) is 0 Å². The van der Waals surface area contributed by atoms with Crippen LogP contribution in [0.5, 0.6) is 11.5 Å². The summed E-state index contributed by atoms with van der Waals surface area (Å²) in [7, 11) is 0. The fourth-order valence-electron chi connectivity index (χ4n) is 3.46. The Hall–Kier alpha value is -3.44. The highest BCUT2D eigenvalue weighted by Gasteiger charge is 2.21. The van der Waals surface area contributed by atoms with E-state index in [0.717, 1.165) is 41.0 Å². The number of ether oxygens (including phenoxy) is 1. The highest BCUT2D eigenvalue weighted by atomic mass is 16.5. The van der Waals surface area contributed by atoms with E-state index in [4.69, 9.17) is 9.94 Å². The minimum Gasteiger partial charge on any atom is -0.454 e. The van der Waals surface area contributed by atoms with Gasteiger partial charge in [0.05, 0.1) is 0 Å². The van der Waals surface area contributed by atoms with Gasteiger partial charge in [-0.15, -0.1) is 0 Å². The summed E-state index contributed by atoms with van der Waals surface area (Å²) in [4.78, 5) is 16.8. The van der Waals surface area contributed by atoms with Crippen molar-refractivity contribution in [2.24, 2.45) is 4.99 Å². The molecule has 0 aliphatic carbocycles. The number of benzene rings is 3. The van der Waals surface area contributed by atoms with E-state index in [-0.39, 0.29) is 0 Å². The van der Waals surface area contributed by atoms with Crippen LogP contribution in [0.1, 0.15) is 34.8 Å². The predicted molar refractivity (Wildman–Crippen MR) is 109 cm³/mol. The molecule has 0 spiro atoms. The van der Waals surface area contributed by atoms with E-state index in [9.17, 15) is 4.79 Å². The van der Waals surface area contributed by atoms with Crippen LogP contribution in [0.15, 0.2) is 65.7 Å². The molecule has 0 aromatic heterocycles. The Kier molecular flexibility index (Phi) is 4.91. The number of amides is 1. The number of hydrogen-bond donors (Lipinski definition) is 2. The fraction of sp³-hybridized carbons (Fsp3) is 0.130. The SMILES string of the molecule is CCCc1ccc(-c2ccccc2C(=O)NO)c2c1Oc1ccccc1N=C2. The molecule has 3 aromatic carbocycles. The van der Waals surface area contributed by atoms with Crippen molar-refractivity contribution >= 4 is 17.8 Å². The van der Waals surface area contributed by atoms with Crippen molar-refractivity contribution in [3.05, 3.63) is 77.4 Å². The van der Waals surface area contributed by atoms with Crippen molar-refractivity contribution in [3.63, 3.8) is 0 Å². The molecule has 28 heavy (non-hydrogen) atoms. The Morgan fingerprint density at radius 1 is 1.04 bits per heavy atom. The molecule has 2 N–H and O–H groups in total. The first-order chi connectivity index (χ1) is 13.7. The van der Waals surface area contributed by atoms with E-state index in [0.29, 0.717) is 16.9 Å². The van der Waals surface area contributed by atoms with E-state index in [1.54, 1.807) is 23.8 Å². The van der Waals surface area contributed by atoms with Gasteiger partial charge in [0.2, 0.25) is 0 Å². The standard InChI is InChI=1S/C23H20N2O3/c1-2-7-15-12-13-17(16-8-3-4-9-18(16)23(26)25-27)19-14-24-20-10-5-6-11-21(20)28-22(15)19/h3-6,8-14,27H,2,7H2,1H3,(H,25,26). The van der Waals surface area contributed by atoms with Crippen molar-refractivity contribution in [2.75, 3.05) is 0 Å². The minimum atomic E-state index is -0.559. The van der Waals surface area contributed by atoms with E-state index in [2.05, 4.69) is 11.9 Å². The van der Waals surface area contributed by atoms with E-state index < -0.39 is 5.91 Å². The van der Waals surface area contributed by atoms with Gasteiger partial charge in [-0.25, -0.2) is 5.48 Å². The Morgan fingerprint density at radius 2 is 1.82 bits per heavy atom. The number of rotatable bonds is 4. The molecule has 1 aliphatic rings.